The molecule has 0 radical (unpaired) electrons. The monoisotopic (exact) mass is 322 g/mol. The van der Waals surface area contributed by atoms with Crippen LogP contribution in [0, 0.1) is 13.8 Å². The molecule has 0 spiro atoms. The maximum absolute atomic E-state index is 12.9. The number of nitrogens with zero attached hydrogens (tertiary/aromatic N) is 1. The zero-order valence-corrected chi connectivity index (χ0v) is 14.1. The third-order valence-corrected chi connectivity index (χ3v) is 5.70. The molecule has 0 aliphatic heterocycles. The van der Waals surface area contributed by atoms with Crippen molar-refractivity contribution in [3.8, 4) is 0 Å². The number of rotatable bonds is 2. The van der Waals surface area contributed by atoms with Crippen molar-refractivity contribution < 1.29 is 4.79 Å². The van der Waals surface area contributed by atoms with Crippen LogP contribution in [0.15, 0.2) is 24.3 Å². The second-order valence-electron chi connectivity index (χ2n) is 6.29. The molecule has 23 heavy (non-hydrogen) atoms. The van der Waals surface area contributed by atoms with Gasteiger partial charge in [0.05, 0.1) is 5.69 Å². The van der Waals surface area contributed by atoms with Gasteiger partial charge in [-0.25, -0.2) is 4.98 Å². The van der Waals surface area contributed by atoms with Crippen LogP contribution in [0.25, 0.3) is 10.2 Å². The fraction of sp³-hybridized carbons (Fsp3) is 0.263. The van der Waals surface area contributed by atoms with Crippen molar-refractivity contribution in [1.82, 2.24) is 4.98 Å². The van der Waals surface area contributed by atoms with Crippen LogP contribution in [-0.4, -0.2) is 10.8 Å². The van der Waals surface area contributed by atoms with Crippen molar-refractivity contribution >= 4 is 33.0 Å². The van der Waals surface area contributed by atoms with E-state index in [4.69, 9.17) is 10.7 Å². The summed E-state index contributed by atoms with van der Waals surface area (Å²) in [6.07, 6.45) is 3.26. The normalized spacial score (nSPS) is 13.5. The molecule has 0 amide bonds. The van der Waals surface area contributed by atoms with E-state index in [0.717, 1.165) is 46.2 Å². The number of ketones is 1. The van der Waals surface area contributed by atoms with Crippen LogP contribution in [0.5, 0.6) is 0 Å². The van der Waals surface area contributed by atoms with Crippen molar-refractivity contribution in [2.75, 3.05) is 5.73 Å². The third kappa shape index (κ3) is 2.25. The molecule has 0 bridgehead atoms. The van der Waals surface area contributed by atoms with Gasteiger partial charge in [0, 0.05) is 16.6 Å². The van der Waals surface area contributed by atoms with Crippen molar-refractivity contribution in [2.45, 2.75) is 33.1 Å². The Bertz CT molecular complexity index is 956. The molecule has 3 nitrogen and oxygen atoms in total. The lowest BCUT2D eigenvalue weighted by molar-refractivity contribution is 0.104. The number of aromatic nitrogens is 1. The average molecular weight is 322 g/mol. The van der Waals surface area contributed by atoms with E-state index in [1.54, 1.807) is 0 Å². The molecule has 0 fully saturated rings. The molecule has 0 saturated carbocycles. The summed E-state index contributed by atoms with van der Waals surface area (Å²) in [5.41, 5.74) is 12.2. The Hall–Kier alpha value is -2.20. The molecule has 1 aromatic carbocycles. The van der Waals surface area contributed by atoms with Crippen molar-refractivity contribution in [3.05, 3.63) is 57.1 Å². The number of fused-ring (bicyclic) bond motifs is 2. The Kier molecular flexibility index (Phi) is 3.23. The van der Waals surface area contributed by atoms with Gasteiger partial charge in [-0.05, 0) is 50.3 Å². The van der Waals surface area contributed by atoms with Crippen LogP contribution in [0.3, 0.4) is 0 Å². The van der Waals surface area contributed by atoms with Crippen LogP contribution >= 0.6 is 11.3 Å². The first-order valence-corrected chi connectivity index (χ1v) is 8.69. The summed E-state index contributed by atoms with van der Waals surface area (Å²) >= 11 is 1.42. The smallest absolute Gasteiger partial charge is 0.205 e. The van der Waals surface area contributed by atoms with Gasteiger partial charge in [-0.3, -0.25) is 4.79 Å². The number of nitrogen functional groups attached to an aromatic ring is 1. The van der Waals surface area contributed by atoms with Gasteiger partial charge in [0.15, 0.2) is 0 Å². The van der Waals surface area contributed by atoms with E-state index in [1.165, 1.54) is 22.6 Å². The minimum atomic E-state index is 0.00293. The molecular formula is C19H18N2OS. The van der Waals surface area contributed by atoms with E-state index in [0.29, 0.717) is 10.6 Å². The first-order chi connectivity index (χ1) is 11.0. The van der Waals surface area contributed by atoms with Gasteiger partial charge in [0.2, 0.25) is 5.78 Å². The highest BCUT2D eigenvalue weighted by Crippen LogP contribution is 2.37. The SMILES string of the molecule is Cc1ccc(C(=O)c2sc3nc4c(cc3c2N)CCC4)c(C)c1. The predicted molar refractivity (Wildman–Crippen MR) is 95.4 cm³/mol. The van der Waals surface area contributed by atoms with Gasteiger partial charge in [0.1, 0.15) is 9.71 Å². The molecule has 0 unspecified atom stereocenters. The van der Waals surface area contributed by atoms with Crippen LogP contribution < -0.4 is 5.73 Å². The largest absolute Gasteiger partial charge is 0.397 e. The molecule has 4 heteroatoms. The molecule has 116 valence electrons. The van der Waals surface area contributed by atoms with E-state index in [-0.39, 0.29) is 5.78 Å². The molecule has 2 heterocycles. The Labute approximate surface area is 139 Å². The molecule has 1 aliphatic rings. The van der Waals surface area contributed by atoms with E-state index in [2.05, 4.69) is 6.07 Å². The summed E-state index contributed by atoms with van der Waals surface area (Å²) in [7, 11) is 0. The standard InChI is InChI=1S/C19H18N2OS/c1-10-6-7-13(11(2)8-10)17(22)18-16(20)14-9-12-4-3-5-15(12)21-19(14)23-18/h6-9H,3-5,20H2,1-2H3. The zero-order valence-electron chi connectivity index (χ0n) is 13.3. The molecular weight excluding hydrogens is 304 g/mol. The molecule has 0 saturated heterocycles. The number of benzene rings is 1. The van der Waals surface area contributed by atoms with Crippen LogP contribution in [0.4, 0.5) is 5.69 Å². The van der Waals surface area contributed by atoms with E-state index in [9.17, 15) is 4.79 Å². The second kappa shape index (κ2) is 5.17. The number of aryl methyl sites for hydroxylation is 4. The predicted octanol–water partition coefficient (Wildman–Crippen LogP) is 4.22. The number of carbonyl (C=O) groups excluding carboxylic acids is 1. The van der Waals surface area contributed by atoms with E-state index < -0.39 is 0 Å². The van der Waals surface area contributed by atoms with Crippen molar-refractivity contribution in [2.24, 2.45) is 0 Å². The number of hydrogen-bond acceptors (Lipinski definition) is 4. The van der Waals surface area contributed by atoms with E-state index in [1.807, 2.05) is 32.0 Å². The summed E-state index contributed by atoms with van der Waals surface area (Å²) in [6.45, 7) is 4.00. The number of thiophene rings is 1. The van der Waals surface area contributed by atoms with E-state index >= 15 is 0 Å². The molecule has 2 N–H and O–H groups in total. The van der Waals surface area contributed by atoms with Crippen LogP contribution in [0.2, 0.25) is 0 Å². The lowest BCUT2D eigenvalue weighted by Crippen LogP contribution is -2.04. The molecule has 1 aliphatic carbocycles. The zero-order chi connectivity index (χ0) is 16.1. The van der Waals surface area contributed by atoms with Crippen molar-refractivity contribution in [3.63, 3.8) is 0 Å². The lowest BCUT2D eigenvalue weighted by atomic mass is 10.0. The van der Waals surface area contributed by atoms with Crippen molar-refractivity contribution in [1.29, 1.82) is 0 Å². The van der Waals surface area contributed by atoms with Gasteiger partial charge >= 0.3 is 0 Å². The van der Waals surface area contributed by atoms with Crippen LogP contribution in [0.1, 0.15) is 44.0 Å². The number of hydrogen-bond donors (Lipinski definition) is 1. The minimum Gasteiger partial charge on any atom is -0.397 e. The van der Waals surface area contributed by atoms with Crippen LogP contribution in [-0.2, 0) is 12.8 Å². The summed E-state index contributed by atoms with van der Waals surface area (Å²) < 4.78 is 0. The van der Waals surface area contributed by atoms with Gasteiger partial charge in [-0.2, -0.15) is 0 Å². The summed E-state index contributed by atoms with van der Waals surface area (Å²) in [5.74, 6) is 0.00293. The number of carbonyl (C=O) groups is 1. The molecule has 3 aromatic rings. The number of nitrogens with two attached hydrogens (primary N) is 1. The molecule has 2 aromatic heterocycles. The van der Waals surface area contributed by atoms with Gasteiger partial charge < -0.3 is 5.73 Å². The average Bonchev–Trinajstić information content (AvgIpc) is 3.09. The second-order valence-corrected chi connectivity index (χ2v) is 7.29. The Morgan fingerprint density at radius 1 is 1.22 bits per heavy atom. The first-order valence-electron chi connectivity index (χ1n) is 7.87. The first kappa shape index (κ1) is 14.4. The Balaban J connectivity index is 1.85. The van der Waals surface area contributed by atoms with Gasteiger partial charge in [-0.15, -0.1) is 11.3 Å². The topological polar surface area (TPSA) is 56.0 Å². The van der Waals surface area contributed by atoms with Gasteiger partial charge in [0.25, 0.3) is 0 Å². The number of anilines is 1. The maximum Gasteiger partial charge on any atom is 0.205 e. The Morgan fingerprint density at radius 3 is 2.83 bits per heavy atom. The lowest BCUT2D eigenvalue weighted by Gasteiger charge is -2.05. The van der Waals surface area contributed by atoms with Gasteiger partial charge in [-0.1, -0.05) is 23.8 Å². The number of pyridine rings is 1. The highest BCUT2D eigenvalue weighted by atomic mass is 32.1. The Morgan fingerprint density at radius 2 is 2.04 bits per heavy atom. The molecule has 0 atom stereocenters. The highest BCUT2D eigenvalue weighted by molar-refractivity contribution is 7.21. The highest BCUT2D eigenvalue weighted by Gasteiger charge is 2.22. The summed E-state index contributed by atoms with van der Waals surface area (Å²) in [4.78, 5) is 19.2. The fourth-order valence-corrected chi connectivity index (χ4v) is 4.41. The quantitative estimate of drug-likeness (QED) is 0.719. The minimum absolute atomic E-state index is 0.00293. The fourth-order valence-electron chi connectivity index (χ4n) is 3.36. The molecule has 4 rings (SSSR count). The third-order valence-electron chi connectivity index (χ3n) is 4.58. The maximum atomic E-state index is 12.9. The summed E-state index contributed by atoms with van der Waals surface area (Å²) in [6, 6.07) is 8.03. The summed E-state index contributed by atoms with van der Waals surface area (Å²) in [5, 5.41) is 0.934.